The van der Waals surface area contributed by atoms with E-state index in [1.807, 2.05) is 20.8 Å². The number of aliphatic hydroxyl groups is 3. The van der Waals surface area contributed by atoms with E-state index in [1.54, 1.807) is 0 Å². The third-order valence-corrected chi connectivity index (χ3v) is 2.70. The number of ether oxygens (including phenoxy) is 1. The third-order valence-electron chi connectivity index (χ3n) is 2.70. The summed E-state index contributed by atoms with van der Waals surface area (Å²) >= 11 is 0. The lowest BCUT2D eigenvalue weighted by Crippen LogP contribution is -2.65. The minimum Gasteiger partial charge on any atom is -0.394 e. The maximum Gasteiger partial charge on any atom is 0.143 e. The predicted octanol–water partition coefficient (Wildman–Crippen LogP) is -0.809. The van der Waals surface area contributed by atoms with Gasteiger partial charge in [-0.1, -0.05) is 20.8 Å². The van der Waals surface area contributed by atoms with E-state index in [1.165, 1.54) is 0 Å². The van der Waals surface area contributed by atoms with E-state index < -0.39 is 24.0 Å². The average molecular weight is 219 g/mol. The molecular weight excluding hydrogens is 198 g/mol. The van der Waals surface area contributed by atoms with Crippen molar-refractivity contribution in [2.24, 2.45) is 11.1 Å². The van der Waals surface area contributed by atoms with Gasteiger partial charge in [-0.05, 0) is 5.41 Å². The summed E-state index contributed by atoms with van der Waals surface area (Å²) in [6.07, 6.45) is -2.19. The molecule has 1 aliphatic heterocycles. The maximum atomic E-state index is 9.96. The first-order valence-electron chi connectivity index (χ1n) is 5.14. The van der Waals surface area contributed by atoms with E-state index in [2.05, 4.69) is 0 Å². The Morgan fingerprint density at radius 3 is 2.40 bits per heavy atom. The van der Waals surface area contributed by atoms with Crippen LogP contribution in [0.15, 0.2) is 0 Å². The summed E-state index contributed by atoms with van der Waals surface area (Å²) in [6.45, 7) is 5.40. The second-order valence-corrected chi connectivity index (χ2v) is 5.37. The van der Waals surface area contributed by atoms with E-state index in [4.69, 9.17) is 15.6 Å². The predicted molar refractivity (Wildman–Crippen MR) is 55.0 cm³/mol. The molecule has 1 saturated heterocycles. The first-order valence-corrected chi connectivity index (χ1v) is 5.14. The lowest BCUT2D eigenvalue weighted by Gasteiger charge is -2.48. The highest BCUT2D eigenvalue weighted by Gasteiger charge is 2.49. The number of aliphatic hydroxyl groups excluding tert-OH is 2. The van der Waals surface area contributed by atoms with Crippen molar-refractivity contribution in [1.82, 2.24) is 0 Å². The molecule has 1 aliphatic rings. The topological polar surface area (TPSA) is 95.9 Å². The van der Waals surface area contributed by atoms with Crippen molar-refractivity contribution in [2.45, 2.75) is 51.2 Å². The fourth-order valence-corrected chi connectivity index (χ4v) is 2.08. The Kier molecular flexibility index (Phi) is 3.42. The molecule has 15 heavy (non-hydrogen) atoms. The molecule has 5 heteroatoms. The Morgan fingerprint density at radius 2 is 2.00 bits per heavy atom. The molecule has 0 radical (unpaired) electrons. The molecule has 5 nitrogen and oxygen atoms in total. The van der Waals surface area contributed by atoms with Crippen molar-refractivity contribution < 1.29 is 20.1 Å². The molecule has 5 N–H and O–H groups in total. The first kappa shape index (κ1) is 12.9. The average Bonchev–Trinajstić information content (AvgIpc) is 1.99. The zero-order chi connectivity index (χ0) is 11.9. The molecule has 0 spiro atoms. The quantitative estimate of drug-likeness (QED) is 0.433. The minimum atomic E-state index is -1.55. The van der Waals surface area contributed by atoms with Crippen LogP contribution in [0.4, 0.5) is 0 Å². The molecule has 1 fully saturated rings. The number of hydrogen-bond acceptors (Lipinski definition) is 5. The maximum absolute atomic E-state index is 9.96. The molecule has 0 aromatic carbocycles. The van der Waals surface area contributed by atoms with Crippen LogP contribution in [-0.2, 0) is 4.74 Å². The number of hydrogen-bond donors (Lipinski definition) is 4. The van der Waals surface area contributed by atoms with Crippen molar-refractivity contribution >= 4 is 0 Å². The van der Waals surface area contributed by atoms with Crippen LogP contribution in [0, 0.1) is 5.41 Å². The fourth-order valence-electron chi connectivity index (χ4n) is 2.08. The largest absolute Gasteiger partial charge is 0.394 e. The van der Waals surface area contributed by atoms with E-state index in [0.717, 1.165) is 0 Å². The van der Waals surface area contributed by atoms with Crippen LogP contribution >= 0.6 is 0 Å². The summed E-state index contributed by atoms with van der Waals surface area (Å²) in [7, 11) is 0. The summed E-state index contributed by atoms with van der Waals surface area (Å²) in [5, 5.41) is 28.5. The van der Waals surface area contributed by atoms with E-state index in [0.29, 0.717) is 0 Å². The van der Waals surface area contributed by atoms with E-state index in [-0.39, 0.29) is 18.4 Å². The molecule has 1 rings (SSSR count). The second kappa shape index (κ2) is 3.99. The standard InChI is InChI=1S/C10H21NO4/c1-9(2,3)8-10(11,14)4-6(13)7(5-12)15-8/h6-8,12-14H,4-5,11H2,1-3H3/t6?,7?,8?,10-/m1/s1. The van der Waals surface area contributed by atoms with Crippen molar-refractivity contribution in [1.29, 1.82) is 0 Å². The van der Waals surface area contributed by atoms with Gasteiger partial charge in [0.2, 0.25) is 0 Å². The van der Waals surface area contributed by atoms with Crippen LogP contribution in [0.5, 0.6) is 0 Å². The lowest BCUT2D eigenvalue weighted by atomic mass is 9.78. The van der Waals surface area contributed by atoms with Crippen molar-refractivity contribution in [3.63, 3.8) is 0 Å². The van der Waals surface area contributed by atoms with Gasteiger partial charge >= 0.3 is 0 Å². The minimum absolute atomic E-state index is 0.0141. The molecule has 90 valence electrons. The highest BCUT2D eigenvalue weighted by Crippen LogP contribution is 2.36. The van der Waals surface area contributed by atoms with Crippen LogP contribution in [0.1, 0.15) is 27.2 Å². The van der Waals surface area contributed by atoms with Gasteiger partial charge in [-0.2, -0.15) is 0 Å². The van der Waals surface area contributed by atoms with Crippen LogP contribution in [0.25, 0.3) is 0 Å². The van der Waals surface area contributed by atoms with Crippen LogP contribution in [0.2, 0.25) is 0 Å². The highest BCUT2D eigenvalue weighted by molar-refractivity contribution is 4.97. The Hall–Kier alpha value is -0.200. The highest BCUT2D eigenvalue weighted by atomic mass is 16.5. The van der Waals surface area contributed by atoms with Gasteiger partial charge in [0, 0.05) is 6.42 Å². The molecule has 3 unspecified atom stereocenters. The Balaban J connectivity index is 2.86. The lowest BCUT2D eigenvalue weighted by molar-refractivity contribution is -0.247. The summed E-state index contributed by atoms with van der Waals surface area (Å²) in [5.74, 6) is 0. The first-order chi connectivity index (χ1) is 6.68. The summed E-state index contributed by atoms with van der Waals surface area (Å²) in [5.41, 5.74) is 3.80. The zero-order valence-corrected chi connectivity index (χ0v) is 9.47. The molecule has 0 bridgehead atoms. The second-order valence-electron chi connectivity index (χ2n) is 5.37. The summed E-state index contributed by atoms with van der Waals surface area (Å²) < 4.78 is 5.45. The van der Waals surface area contributed by atoms with Gasteiger partial charge in [0.25, 0.3) is 0 Å². The number of nitrogens with two attached hydrogens (primary N) is 1. The van der Waals surface area contributed by atoms with Gasteiger partial charge in [-0.25, -0.2) is 0 Å². The monoisotopic (exact) mass is 219 g/mol. The van der Waals surface area contributed by atoms with Gasteiger partial charge in [-0.3, -0.25) is 0 Å². The smallest absolute Gasteiger partial charge is 0.143 e. The Morgan fingerprint density at radius 1 is 1.47 bits per heavy atom. The molecule has 0 saturated carbocycles. The molecule has 0 aliphatic carbocycles. The summed E-state index contributed by atoms with van der Waals surface area (Å²) in [4.78, 5) is 0. The van der Waals surface area contributed by atoms with Crippen LogP contribution in [-0.4, -0.2) is 46.0 Å². The molecule has 1 heterocycles. The summed E-state index contributed by atoms with van der Waals surface area (Å²) in [6, 6.07) is 0. The molecular formula is C10H21NO4. The van der Waals surface area contributed by atoms with Crippen molar-refractivity contribution in [3.8, 4) is 0 Å². The Bertz CT molecular complexity index is 224. The Labute approximate surface area is 89.9 Å². The molecule has 0 aromatic heterocycles. The SMILES string of the molecule is CC(C)(C)C1OC(CO)C(O)C[C@@]1(N)O. The normalized spacial score (nSPS) is 43.0. The zero-order valence-electron chi connectivity index (χ0n) is 9.47. The van der Waals surface area contributed by atoms with Crippen LogP contribution < -0.4 is 5.73 Å². The number of rotatable bonds is 1. The van der Waals surface area contributed by atoms with Gasteiger partial charge in [0.1, 0.15) is 17.9 Å². The van der Waals surface area contributed by atoms with E-state index >= 15 is 0 Å². The van der Waals surface area contributed by atoms with Crippen molar-refractivity contribution in [2.75, 3.05) is 6.61 Å². The van der Waals surface area contributed by atoms with E-state index in [9.17, 15) is 10.2 Å². The fraction of sp³-hybridized carbons (Fsp3) is 1.00. The van der Waals surface area contributed by atoms with Gasteiger partial charge < -0.3 is 25.8 Å². The third kappa shape index (κ3) is 2.68. The van der Waals surface area contributed by atoms with Crippen molar-refractivity contribution in [3.05, 3.63) is 0 Å². The van der Waals surface area contributed by atoms with Gasteiger partial charge in [-0.15, -0.1) is 0 Å². The van der Waals surface area contributed by atoms with Gasteiger partial charge in [0.15, 0.2) is 0 Å². The molecule has 4 atom stereocenters. The van der Waals surface area contributed by atoms with Gasteiger partial charge in [0.05, 0.1) is 12.7 Å². The molecule has 0 aromatic rings. The van der Waals surface area contributed by atoms with Crippen LogP contribution in [0.3, 0.4) is 0 Å². The molecule has 0 amide bonds.